The molecule has 0 fully saturated rings. The van der Waals surface area contributed by atoms with Gasteiger partial charge in [-0.25, -0.2) is 9.59 Å². The second-order valence-corrected chi connectivity index (χ2v) is 14.9. The first kappa shape index (κ1) is 33.9. The molecule has 0 saturated heterocycles. The molecule has 0 spiro atoms. The van der Waals surface area contributed by atoms with Crippen molar-refractivity contribution in [1.29, 1.82) is 0 Å². The van der Waals surface area contributed by atoms with E-state index in [-0.39, 0.29) is 22.6 Å². The first-order chi connectivity index (χ1) is 27.5. The zero-order valence-corrected chi connectivity index (χ0v) is 31.5. The van der Waals surface area contributed by atoms with Gasteiger partial charge >= 0.3 is 29.1 Å². The monoisotopic (exact) mass is 778 g/mol. The highest BCUT2D eigenvalue weighted by Gasteiger charge is 2.37. The number of carbonyl (C=O) groups excluding carboxylic acids is 2. The third-order valence-electron chi connectivity index (χ3n) is 9.74. The van der Waals surface area contributed by atoms with Gasteiger partial charge in [0.05, 0.1) is 25.0 Å². The minimum atomic E-state index is -2.19. The summed E-state index contributed by atoms with van der Waals surface area (Å²) in [7, 11) is -1.78. The Morgan fingerprint density at radius 2 is 0.786 bits per heavy atom. The van der Waals surface area contributed by atoms with Crippen molar-refractivity contribution >= 4 is 72.2 Å². The van der Waals surface area contributed by atoms with Crippen molar-refractivity contribution in [3.05, 3.63) is 145 Å². The van der Waals surface area contributed by atoms with E-state index in [4.69, 9.17) is 36.6 Å². The van der Waals surface area contributed by atoms with Crippen molar-refractivity contribution in [3.8, 4) is 45.6 Å². The fourth-order valence-corrected chi connectivity index (χ4v) is 9.45. The number of methoxy groups -OCH3 is 2. The second kappa shape index (κ2) is 13.6. The van der Waals surface area contributed by atoms with Crippen LogP contribution in [0.25, 0.3) is 54.2 Å². The maximum absolute atomic E-state index is 13.8. The van der Waals surface area contributed by atoms with Crippen molar-refractivity contribution in [1.82, 2.24) is 0 Å². The lowest BCUT2D eigenvalue weighted by molar-refractivity contribution is 0.0589. The molecule has 0 bridgehead atoms. The number of fused-ring (bicyclic) bond motifs is 2. The summed E-state index contributed by atoms with van der Waals surface area (Å²) in [5.41, 5.74) is 1.04. The Balaban J connectivity index is 1.22. The highest BCUT2D eigenvalue weighted by molar-refractivity contribution is 7.43. The summed E-state index contributed by atoms with van der Waals surface area (Å²) in [4.78, 5) is 27.7. The molecule has 0 N–H and O–H groups in total. The quantitative estimate of drug-likeness (QED) is 0.115. The van der Waals surface area contributed by atoms with Gasteiger partial charge in [0.2, 0.25) is 0 Å². The smallest absolute Gasteiger partial charge is 0.465 e. The molecule has 0 radical (unpaired) electrons. The topological polar surface area (TPSA) is 108 Å². The van der Waals surface area contributed by atoms with E-state index in [2.05, 4.69) is 0 Å². The predicted octanol–water partition coefficient (Wildman–Crippen LogP) is 11.7. The average Bonchev–Trinajstić information content (AvgIpc) is 3.23. The summed E-state index contributed by atoms with van der Waals surface area (Å²) in [5, 5.41) is 6.24. The number of carbonyl (C=O) groups is 2. The summed E-state index contributed by atoms with van der Waals surface area (Å²) >= 11 is 0. The molecule has 0 aromatic heterocycles. The van der Waals surface area contributed by atoms with Gasteiger partial charge < -0.3 is 36.6 Å². The number of rotatable bonds is 7. The van der Waals surface area contributed by atoms with Gasteiger partial charge in [-0.05, 0) is 68.7 Å². The first-order valence-corrected chi connectivity index (χ1v) is 19.7. The molecule has 0 aliphatic carbocycles. The van der Waals surface area contributed by atoms with E-state index < -0.39 is 29.1 Å². The number of hydrogen-bond donors (Lipinski definition) is 0. The van der Waals surface area contributed by atoms with E-state index in [9.17, 15) is 9.59 Å². The van der Waals surface area contributed by atoms with Gasteiger partial charge in [0.15, 0.2) is 11.5 Å². The van der Waals surface area contributed by atoms with E-state index in [1.165, 1.54) is 14.2 Å². The molecule has 0 amide bonds. The Morgan fingerprint density at radius 1 is 0.446 bits per heavy atom. The fourth-order valence-electron chi connectivity index (χ4n) is 7.30. The Hall–Kier alpha value is -6.60. The Kier molecular flexibility index (Phi) is 8.24. The van der Waals surface area contributed by atoms with E-state index in [0.29, 0.717) is 55.7 Å². The van der Waals surface area contributed by atoms with E-state index >= 15 is 0 Å². The van der Waals surface area contributed by atoms with Gasteiger partial charge in [0.1, 0.15) is 34.1 Å². The van der Waals surface area contributed by atoms with Crippen LogP contribution < -0.4 is 27.1 Å². The largest absolute Gasteiger partial charge is 0.530 e. The van der Waals surface area contributed by atoms with Crippen molar-refractivity contribution in [2.75, 3.05) is 14.2 Å². The molecule has 2 heterocycles. The summed E-state index contributed by atoms with van der Waals surface area (Å²) in [6, 6.07) is 41.3. The van der Waals surface area contributed by atoms with Crippen LogP contribution in [-0.2, 0) is 9.47 Å². The average molecular weight is 779 g/mol. The molecular formula is C44H28O10P2. The van der Waals surface area contributed by atoms with Crippen LogP contribution in [0.3, 0.4) is 0 Å². The van der Waals surface area contributed by atoms with E-state index in [0.717, 1.165) is 21.5 Å². The third kappa shape index (κ3) is 5.57. The lowest BCUT2D eigenvalue weighted by Gasteiger charge is -2.28. The molecule has 10 nitrogen and oxygen atoms in total. The number of esters is 2. The lowest BCUT2D eigenvalue weighted by Crippen LogP contribution is -2.13. The van der Waals surface area contributed by atoms with E-state index in [1.54, 1.807) is 12.1 Å². The molecule has 10 rings (SSSR count). The second-order valence-electron chi connectivity index (χ2n) is 12.9. The van der Waals surface area contributed by atoms with Gasteiger partial charge in [0, 0.05) is 11.1 Å². The molecule has 0 saturated carbocycles. The molecule has 0 unspecified atom stereocenters. The molecular weight excluding hydrogens is 750 g/mol. The van der Waals surface area contributed by atoms with Crippen molar-refractivity contribution < 1.29 is 46.2 Å². The fraction of sp³-hybridized carbons (Fsp3) is 0.0455. The minimum Gasteiger partial charge on any atom is -0.465 e. The van der Waals surface area contributed by atoms with Gasteiger partial charge in [-0.1, -0.05) is 97.1 Å². The van der Waals surface area contributed by atoms with Crippen molar-refractivity contribution in [3.63, 3.8) is 0 Å². The van der Waals surface area contributed by atoms with Crippen molar-refractivity contribution in [2.24, 2.45) is 0 Å². The predicted molar refractivity (Wildman–Crippen MR) is 215 cm³/mol. The molecule has 274 valence electrons. The molecule has 2 aliphatic rings. The normalized spacial score (nSPS) is 13.4. The van der Waals surface area contributed by atoms with Crippen LogP contribution in [0, 0.1) is 0 Å². The SMILES string of the molecule is COC(=O)c1cc2ccccc2c(-c2c(OP3Oc4cccc5cccc(c45)O3)c(C(=O)OC)cc3ccccc23)c1OP1Oc2cccc3cccc(c23)O1. The summed E-state index contributed by atoms with van der Waals surface area (Å²) in [5.74, 6) is 1.16. The highest BCUT2D eigenvalue weighted by atomic mass is 31.2. The van der Waals surface area contributed by atoms with Gasteiger partial charge in [0.25, 0.3) is 0 Å². The van der Waals surface area contributed by atoms with Crippen LogP contribution in [-0.4, -0.2) is 26.2 Å². The van der Waals surface area contributed by atoms with Crippen LogP contribution in [0.4, 0.5) is 0 Å². The van der Waals surface area contributed by atoms with Gasteiger partial charge in [-0.2, -0.15) is 0 Å². The van der Waals surface area contributed by atoms with Crippen LogP contribution in [0.1, 0.15) is 20.7 Å². The Morgan fingerprint density at radius 3 is 1.14 bits per heavy atom. The lowest BCUT2D eigenvalue weighted by atomic mass is 9.89. The third-order valence-corrected chi connectivity index (χ3v) is 11.8. The van der Waals surface area contributed by atoms with Crippen LogP contribution in [0.15, 0.2) is 133 Å². The first-order valence-electron chi connectivity index (χ1n) is 17.5. The van der Waals surface area contributed by atoms with Crippen LogP contribution >= 0.6 is 17.2 Å². The maximum atomic E-state index is 13.8. The Labute approximate surface area is 322 Å². The molecule has 2 aliphatic heterocycles. The van der Waals surface area contributed by atoms with Gasteiger partial charge in [-0.3, -0.25) is 0 Å². The van der Waals surface area contributed by atoms with Crippen molar-refractivity contribution in [2.45, 2.75) is 0 Å². The summed E-state index contributed by atoms with van der Waals surface area (Å²) in [6.45, 7) is 0. The summed E-state index contributed by atoms with van der Waals surface area (Å²) < 4.78 is 49.8. The maximum Gasteiger partial charge on any atom is 0.530 e. The molecule has 56 heavy (non-hydrogen) atoms. The highest BCUT2D eigenvalue weighted by Crippen LogP contribution is 2.58. The van der Waals surface area contributed by atoms with Crippen LogP contribution in [0.5, 0.6) is 34.5 Å². The molecule has 8 aromatic rings. The number of hydrogen-bond acceptors (Lipinski definition) is 10. The van der Waals surface area contributed by atoms with Gasteiger partial charge in [-0.15, -0.1) is 0 Å². The minimum absolute atomic E-state index is 0.0959. The van der Waals surface area contributed by atoms with E-state index in [1.807, 2.05) is 121 Å². The molecule has 0 atom stereocenters. The molecule has 8 aromatic carbocycles. The zero-order valence-electron chi connectivity index (χ0n) is 29.7. The molecule has 12 heteroatoms. The number of benzene rings is 8. The number of ether oxygens (including phenoxy) is 2. The Bertz CT molecular complexity index is 2650. The van der Waals surface area contributed by atoms with Crippen LogP contribution in [0.2, 0.25) is 0 Å². The standard InChI is InChI=1S/C44H28O10P2/c1-47-43(45)31-23-27-11-3-5-17-29(27)39(41(31)53-55-49-33-19-7-13-25-14-8-20-34(50-55)37(25)33)40-30-18-6-4-12-28(30)24-32(44(46)48-2)42(40)54-56-51-35-21-9-15-26-16-10-22-36(52-56)38(26)35/h3-24H,1-2H3. The summed E-state index contributed by atoms with van der Waals surface area (Å²) in [6.07, 6.45) is 0. The zero-order chi connectivity index (χ0) is 37.9.